The molecule has 0 radical (unpaired) electrons. The number of esters is 1. The van der Waals surface area contributed by atoms with E-state index in [2.05, 4.69) is 20.7 Å². The summed E-state index contributed by atoms with van der Waals surface area (Å²) in [5.74, 6) is -1.47. The maximum Gasteiger partial charge on any atom is 0.307 e. The number of nitrogens with zero attached hydrogens (tertiary/aromatic N) is 2. The maximum absolute atomic E-state index is 12.9. The van der Waals surface area contributed by atoms with Crippen LogP contribution in [0.2, 0.25) is 0 Å². The van der Waals surface area contributed by atoms with Crippen molar-refractivity contribution in [1.82, 2.24) is 4.90 Å². The van der Waals surface area contributed by atoms with Crippen LogP contribution in [0.1, 0.15) is 26.7 Å². The highest BCUT2D eigenvalue weighted by molar-refractivity contribution is 9.10. The minimum absolute atomic E-state index is 0.0927. The molecular formula is C18H23BrN2O4. The third-order valence-corrected chi connectivity index (χ3v) is 4.81. The Morgan fingerprint density at radius 3 is 2.72 bits per heavy atom. The van der Waals surface area contributed by atoms with E-state index >= 15 is 0 Å². The lowest BCUT2D eigenvalue weighted by molar-refractivity contribution is -0.144. The first kappa shape index (κ1) is 19.4. The van der Waals surface area contributed by atoms with E-state index in [0.717, 1.165) is 10.2 Å². The van der Waals surface area contributed by atoms with E-state index in [1.807, 2.05) is 38.1 Å². The van der Waals surface area contributed by atoms with Crippen molar-refractivity contribution in [3.63, 3.8) is 0 Å². The molecule has 1 saturated heterocycles. The molecule has 6 nitrogen and oxygen atoms in total. The van der Waals surface area contributed by atoms with Gasteiger partial charge in [0.05, 0.1) is 13.5 Å². The molecule has 0 aliphatic carbocycles. The van der Waals surface area contributed by atoms with Crippen LogP contribution in [-0.4, -0.2) is 48.9 Å². The van der Waals surface area contributed by atoms with Crippen LogP contribution in [0, 0.1) is 5.92 Å². The van der Waals surface area contributed by atoms with Crippen molar-refractivity contribution in [2.45, 2.75) is 32.7 Å². The zero-order valence-corrected chi connectivity index (χ0v) is 16.3. The summed E-state index contributed by atoms with van der Waals surface area (Å²) >= 11 is 3.40. The number of hydrogen-bond donors (Lipinski definition) is 0. The number of methoxy groups -OCH3 is 1. The molecule has 2 rings (SSSR count). The molecule has 136 valence electrons. The minimum Gasteiger partial charge on any atom is -0.469 e. The molecule has 1 aromatic carbocycles. The predicted octanol–water partition coefficient (Wildman–Crippen LogP) is 2.60. The molecule has 1 aliphatic heterocycles. The van der Waals surface area contributed by atoms with E-state index in [9.17, 15) is 14.4 Å². The number of anilines is 1. The molecule has 1 fully saturated rings. The summed E-state index contributed by atoms with van der Waals surface area (Å²) in [7, 11) is 1.32. The Labute approximate surface area is 156 Å². The summed E-state index contributed by atoms with van der Waals surface area (Å²) in [6, 6.07) is 7.37. The smallest absolute Gasteiger partial charge is 0.307 e. The highest BCUT2D eigenvalue weighted by Crippen LogP contribution is 2.28. The van der Waals surface area contributed by atoms with Crippen LogP contribution in [0.3, 0.4) is 0 Å². The first-order valence-electron chi connectivity index (χ1n) is 8.29. The number of benzene rings is 1. The average molecular weight is 411 g/mol. The molecule has 0 bridgehead atoms. The number of carbonyl (C=O) groups is 3. The van der Waals surface area contributed by atoms with Crippen molar-refractivity contribution in [3.05, 3.63) is 28.7 Å². The second-order valence-electron chi connectivity index (χ2n) is 6.26. The van der Waals surface area contributed by atoms with Gasteiger partial charge in [-0.1, -0.05) is 22.0 Å². The van der Waals surface area contributed by atoms with E-state index in [0.29, 0.717) is 13.0 Å². The van der Waals surface area contributed by atoms with Gasteiger partial charge in [-0.05, 0) is 38.5 Å². The molecular weight excluding hydrogens is 388 g/mol. The molecule has 7 heteroatoms. The van der Waals surface area contributed by atoms with E-state index in [-0.39, 0.29) is 36.8 Å². The molecule has 0 aromatic heterocycles. The number of hydrogen-bond acceptors (Lipinski definition) is 4. The van der Waals surface area contributed by atoms with Crippen LogP contribution < -0.4 is 4.90 Å². The van der Waals surface area contributed by atoms with Gasteiger partial charge in [0, 0.05) is 29.3 Å². The number of halogens is 1. The van der Waals surface area contributed by atoms with Crippen molar-refractivity contribution in [1.29, 1.82) is 0 Å². The molecule has 1 unspecified atom stereocenters. The molecule has 0 saturated carbocycles. The predicted molar refractivity (Wildman–Crippen MR) is 98.1 cm³/mol. The summed E-state index contributed by atoms with van der Waals surface area (Å²) in [5, 5.41) is 0. The van der Waals surface area contributed by atoms with E-state index in [1.165, 1.54) is 7.11 Å². The van der Waals surface area contributed by atoms with Gasteiger partial charge in [-0.3, -0.25) is 14.4 Å². The second-order valence-corrected chi connectivity index (χ2v) is 7.18. The Hall–Kier alpha value is -1.89. The Kier molecular flexibility index (Phi) is 6.58. The van der Waals surface area contributed by atoms with Gasteiger partial charge in [-0.15, -0.1) is 0 Å². The number of rotatable bonds is 6. The molecule has 2 amide bonds. The SMILES string of the molecule is COC(=O)CCN(C(=O)C1CCN(c2cccc(Br)c2)C1=O)C(C)C. The van der Waals surface area contributed by atoms with Gasteiger partial charge in [-0.2, -0.15) is 0 Å². The summed E-state index contributed by atoms with van der Waals surface area (Å²) in [6.45, 7) is 4.51. The molecule has 1 aromatic rings. The maximum atomic E-state index is 12.9. The molecule has 1 aliphatic rings. The Balaban J connectivity index is 2.10. The van der Waals surface area contributed by atoms with Crippen LogP contribution >= 0.6 is 15.9 Å². The lowest BCUT2D eigenvalue weighted by Crippen LogP contribution is -2.44. The Bertz CT molecular complexity index is 662. The number of carbonyl (C=O) groups excluding carboxylic acids is 3. The molecule has 1 heterocycles. The summed E-state index contributed by atoms with van der Waals surface area (Å²) in [5.41, 5.74) is 0.778. The van der Waals surface area contributed by atoms with Crippen LogP contribution in [-0.2, 0) is 19.1 Å². The van der Waals surface area contributed by atoms with Crippen molar-refractivity contribution < 1.29 is 19.1 Å². The molecule has 1 atom stereocenters. The monoisotopic (exact) mass is 410 g/mol. The van der Waals surface area contributed by atoms with Gasteiger partial charge in [0.15, 0.2) is 0 Å². The highest BCUT2D eigenvalue weighted by Gasteiger charge is 2.40. The first-order chi connectivity index (χ1) is 11.8. The summed E-state index contributed by atoms with van der Waals surface area (Å²) < 4.78 is 5.52. The van der Waals surface area contributed by atoms with Crippen LogP contribution in [0.15, 0.2) is 28.7 Å². The van der Waals surface area contributed by atoms with E-state index in [1.54, 1.807) is 9.80 Å². The number of amides is 2. The average Bonchev–Trinajstić information content (AvgIpc) is 2.95. The largest absolute Gasteiger partial charge is 0.469 e. The molecule has 0 N–H and O–H groups in total. The van der Waals surface area contributed by atoms with Crippen LogP contribution in [0.5, 0.6) is 0 Å². The van der Waals surface area contributed by atoms with Crippen molar-refractivity contribution >= 4 is 39.4 Å². The summed E-state index contributed by atoms with van der Waals surface area (Å²) in [6.07, 6.45) is 0.600. The lowest BCUT2D eigenvalue weighted by atomic mass is 10.1. The van der Waals surface area contributed by atoms with Gasteiger partial charge in [0.25, 0.3) is 0 Å². The summed E-state index contributed by atoms with van der Waals surface area (Å²) in [4.78, 5) is 40.2. The third-order valence-electron chi connectivity index (χ3n) is 4.31. The standard InChI is InChI=1S/C18H23BrN2O4/c1-12(2)20(10-8-16(22)25-3)17(23)15-7-9-21(18(15)24)14-6-4-5-13(19)11-14/h4-6,11-12,15H,7-10H2,1-3H3. The van der Waals surface area contributed by atoms with Crippen molar-refractivity contribution in [2.24, 2.45) is 5.92 Å². The van der Waals surface area contributed by atoms with Crippen molar-refractivity contribution in [3.8, 4) is 0 Å². The second kappa shape index (κ2) is 8.47. The first-order valence-corrected chi connectivity index (χ1v) is 9.08. The zero-order chi connectivity index (χ0) is 18.6. The Morgan fingerprint density at radius 2 is 2.12 bits per heavy atom. The van der Waals surface area contributed by atoms with E-state index in [4.69, 9.17) is 0 Å². The van der Waals surface area contributed by atoms with Gasteiger partial charge in [0.1, 0.15) is 5.92 Å². The van der Waals surface area contributed by atoms with Gasteiger partial charge < -0.3 is 14.5 Å². The lowest BCUT2D eigenvalue weighted by Gasteiger charge is -2.28. The highest BCUT2D eigenvalue weighted by atomic mass is 79.9. The topological polar surface area (TPSA) is 66.9 Å². The minimum atomic E-state index is -0.695. The van der Waals surface area contributed by atoms with Crippen molar-refractivity contribution in [2.75, 3.05) is 25.1 Å². The third kappa shape index (κ3) is 4.60. The Morgan fingerprint density at radius 1 is 1.40 bits per heavy atom. The number of ether oxygens (including phenoxy) is 1. The van der Waals surface area contributed by atoms with E-state index < -0.39 is 5.92 Å². The van der Waals surface area contributed by atoms with Crippen LogP contribution in [0.4, 0.5) is 5.69 Å². The van der Waals surface area contributed by atoms with Gasteiger partial charge >= 0.3 is 5.97 Å². The fraction of sp³-hybridized carbons (Fsp3) is 0.500. The quantitative estimate of drug-likeness (QED) is 0.533. The fourth-order valence-electron chi connectivity index (χ4n) is 2.95. The normalized spacial score (nSPS) is 17.1. The van der Waals surface area contributed by atoms with Gasteiger partial charge in [-0.25, -0.2) is 0 Å². The molecule has 0 spiro atoms. The fourth-order valence-corrected chi connectivity index (χ4v) is 3.33. The van der Waals surface area contributed by atoms with Crippen LogP contribution in [0.25, 0.3) is 0 Å². The zero-order valence-electron chi connectivity index (χ0n) is 14.7. The molecule has 25 heavy (non-hydrogen) atoms. The van der Waals surface area contributed by atoms with Gasteiger partial charge in [0.2, 0.25) is 11.8 Å².